The minimum atomic E-state index is -0.0122. The summed E-state index contributed by atoms with van der Waals surface area (Å²) in [5.41, 5.74) is 1.04. The van der Waals surface area contributed by atoms with Gasteiger partial charge in [0.25, 0.3) is 0 Å². The summed E-state index contributed by atoms with van der Waals surface area (Å²) in [6, 6.07) is 8.25. The molecule has 2 rings (SSSR count). The molecule has 0 aliphatic carbocycles. The minimum absolute atomic E-state index is 0.0122. The molecule has 0 bridgehead atoms. The van der Waals surface area contributed by atoms with Gasteiger partial charge in [0.05, 0.1) is 19.7 Å². The van der Waals surface area contributed by atoms with Crippen LogP contribution in [0, 0.1) is 0 Å². The predicted octanol–water partition coefficient (Wildman–Crippen LogP) is 1.51. The van der Waals surface area contributed by atoms with Crippen LogP contribution in [-0.4, -0.2) is 62.1 Å². The van der Waals surface area contributed by atoms with Gasteiger partial charge in [-0.05, 0) is 19.9 Å². The van der Waals surface area contributed by atoms with Crippen LogP contribution in [0.5, 0.6) is 5.75 Å². The smallest absolute Gasteiger partial charge is 0.237 e. The largest absolute Gasteiger partial charge is 0.496 e. The van der Waals surface area contributed by atoms with E-state index >= 15 is 0 Å². The molecular weight excluding hydrogens is 278 g/mol. The van der Waals surface area contributed by atoms with Gasteiger partial charge in [0.2, 0.25) is 5.91 Å². The summed E-state index contributed by atoms with van der Waals surface area (Å²) < 4.78 is 5.41. The number of carbonyl (C=O) groups excluding carboxylic acids is 1. The van der Waals surface area contributed by atoms with Crippen molar-refractivity contribution in [3.63, 3.8) is 0 Å². The van der Waals surface area contributed by atoms with Crippen molar-refractivity contribution in [3.8, 4) is 5.75 Å². The molecule has 1 aliphatic rings. The second kappa shape index (κ2) is 7.61. The lowest BCUT2D eigenvalue weighted by molar-refractivity contribution is -0.133. The number of hydrogen-bond donors (Lipinski definition) is 1. The van der Waals surface area contributed by atoms with Gasteiger partial charge in [0, 0.05) is 38.3 Å². The number of nitrogens with zero attached hydrogens (tertiary/aromatic N) is 2. The zero-order chi connectivity index (χ0) is 16.1. The Balaban J connectivity index is 2.03. The van der Waals surface area contributed by atoms with Gasteiger partial charge in [0.1, 0.15) is 5.75 Å². The molecule has 1 aliphatic heterocycles. The van der Waals surface area contributed by atoms with Crippen molar-refractivity contribution in [3.05, 3.63) is 29.8 Å². The highest BCUT2D eigenvalue weighted by Gasteiger charge is 2.25. The van der Waals surface area contributed by atoms with Crippen LogP contribution in [0.25, 0.3) is 0 Å². The summed E-state index contributed by atoms with van der Waals surface area (Å²) in [6.07, 6.45) is 0. The van der Waals surface area contributed by atoms with Crippen LogP contribution in [0.4, 0.5) is 0 Å². The van der Waals surface area contributed by atoms with Crippen LogP contribution in [0.3, 0.4) is 0 Å². The lowest BCUT2D eigenvalue weighted by Gasteiger charge is -2.35. The second-order valence-electron chi connectivity index (χ2n) is 5.95. The monoisotopic (exact) mass is 305 g/mol. The fourth-order valence-electron chi connectivity index (χ4n) is 2.84. The molecule has 1 aromatic carbocycles. The second-order valence-corrected chi connectivity index (χ2v) is 5.95. The molecule has 2 atom stereocenters. The first-order valence-corrected chi connectivity index (χ1v) is 7.88. The number of methoxy groups -OCH3 is 1. The van der Waals surface area contributed by atoms with Crippen molar-refractivity contribution < 1.29 is 9.53 Å². The van der Waals surface area contributed by atoms with E-state index in [-0.39, 0.29) is 11.9 Å². The van der Waals surface area contributed by atoms with E-state index in [0.29, 0.717) is 12.6 Å². The van der Waals surface area contributed by atoms with Gasteiger partial charge in [-0.2, -0.15) is 0 Å². The van der Waals surface area contributed by atoms with Crippen LogP contribution < -0.4 is 10.1 Å². The molecule has 1 aromatic rings. The summed E-state index contributed by atoms with van der Waals surface area (Å²) >= 11 is 0. The van der Waals surface area contributed by atoms with Gasteiger partial charge in [-0.15, -0.1) is 0 Å². The number of amides is 1. The number of carbonyl (C=O) groups is 1. The van der Waals surface area contributed by atoms with Crippen LogP contribution in [-0.2, 0) is 4.79 Å². The number of para-hydroxylation sites is 1. The Morgan fingerprint density at radius 1 is 1.50 bits per heavy atom. The molecule has 5 nitrogen and oxygen atoms in total. The van der Waals surface area contributed by atoms with Crippen LogP contribution in [0.1, 0.15) is 25.5 Å². The van der Waals surface area contributed by atoms with Crippen molar-refractivity contribution in [1.82, 2.24) is 15.1 Å². The highest BCUT2D eigenvalue weighted by atomic mass is 16.5. The summed E-state index contributed by atoms with van der Waals surface area (Å²) in [5.74, 6) is 0.970. The maximum atomic E-state index is 12.6. The van der Waals surface area contributed by atoms with E-state index in [1.807, 2.05) is 43.1 Å². The number of piperazine rings is 1. The van der Waals surface area contributed by atoms with Gasteiger partial charge < -0.3 is 15.0 Å². The fourth-order valence-corrected chi connectivity index (χ4v) is 2.84. The molecule has 0 saturated carbocycles. The molecule has 0 radical (unpaired) electrons. The molecule has 22 heavy (non-hydrogen) atoms. The molecule has 1 fully saturated rings. The van der Waals surface area contributed by atoms with E-state index in [9.17, 15) is 4.79 Å². The Labute approximate surface area is 133 Å². The molecule has 122 valence electrons. The highest BCUT2D eigenvalue weighted by Crippen LogP contribution is 2.28. The van der Waals surface area contributed by atoms with Crippen molar-refractivity contribution in [2.75, 3.05) is 40.3 Å². The molecule has 1 unspecified atom stereocenters. The standard InChI is InChI=1S/C17H27N3O2/c1-13-11-18-9-10-20(13)12-17(21)19(3)14(2)15-7-5-6-8-16(15)22-4/h5-8,13-14,18H,9-12H2,1-4H3/t13-,14?/m1/s1. The van der Waals surface area contributed by atoms with Gasteiger partial charge >= 0.3 is 0 Å². The molecule has 1 heterocycles. The van der Waals surface area contributed by atoms with E-state index in [2.05, 4.69) is 17.1 Å². The lowest BCUT2D eigenvalue weighted by Crippen LogP contribution is -2.53. The maximum absolute atomic E-state index is 12.6. The van der Waals surface area contributed by atoms with Gasteiger partial charge in [0.15, 0.2) is 0 Å². The normalized spacial score (nSPS) is 20.5. The fraction of sp³-hybridized carbons (Fsp3) is 0.588. The third kappa shape index (κ3) is 3.78. The number of hydrogen-bond acceptors (Lipinski definition) is 4. The average Bonchev–Trinajstić information content (AvgIpc) is 2.55. The first kappa shape index (κ1) is 16.8. The molecular formula is C17H27N3O2. The van der Waals surface area contributed by atoms with E-state index in [0.717, 1.165) is 30.9 Å². The molecule has 0 aromatic heterocycles. The summed E-state index contributed by atoms with van der Waals surface area (Å²) in [6.45, 7) is 7.48. The highest BCUT2D eigenvalue weighted by molar-refractivity contribution is 5.78. The Hall–Kier alpha value is -1.59. The number of nitrogens with one attached hydrogen (secondary N) is 1. The third-order valence-electron chi connectivity index (χ3n) is 4.54. The number of benzene rings is 1. The minimum Gasteiger partial charge on any atom is -0.496 e. The SMILES string of the molecule is COc1ccccc1C(C)N(C)C(=O)CN1CCNC[C@H]1C. The number of rotatable bonds is 5. The lowest BCUT2D eigenvalue weighted by atomic mass is 10.1. The van der Waals surface area contributed by atoms with Crippen LogP contribution in [0.15, 0.2) is 24.3 Å². The predicted molar refractivity (Wildman–Crippen MR) is 88.1 cm³/mol. The Kier molecular flexibility index (Phi) is 5.80. The van der Waals surface area contributed by atoms with Gasteiger partial charge in [-0.25, -0.2) is 0 Å². The van der Waals surface area contributed by atoms with Gasteiger partial charge in [-0.1, -0.05) is 18.2 Å². The van der Waals surface area contributed by atoms with Crippen molar-refractivity contribution in [1.29, 1.82) is 0 Å². The van der Waals surface area contributed by atoms with Crippen molar-refractivity contribution in [2.24, 2.45) is 0 Å². The van der Waals surface area contributed by atoms with Crippen LogP contribution in [0.2, 0.25) is 0 Å². The topological polar surface area (TPSA) is 44.8 Å². The van der Waals surface area contributed by atoms with Crippen LogP contribution >= 0.6 is 0 Å². The summed E-state index contributed by atoms with van der Waals surface area (Å²) in [5, 5.41) is 3.35. The van der Waals surface area contributed by atoms with Crippen molar-refractivity contribution >= 4 is 5.91 Å². The van der Waals surface area contributed by atoms with E-state index in [1.165, 1.54) is 0 Å². The molecule has 5 heteroatoms. The van der Waals surface area contributed by atoms with E-state index < -0.39 is 0 Å². The number of likely N-dealkylation sites (N-methyl/N-ethyl adjacent to an activating group) is 1. The van der Waals surface area contributed by atoms with Gasteiger partial charge in [-0.3, -0.25) is 9.69 Å². The van der Waals surface area contributed by atoms with Crippen molar-refractivity contribution in [2.45, 2.75) is 25.9 Å². The van der Waals surface area contributed by atoms with E-state index in [1.54, 1.807) is 7.11 Å². The zero-order valence-electron chi connectivity index (χ0n) is 14.0. The Morgan fingerprint density at radius 3 is 2.91 bits per heavy atom. The first-order valence-electron chi connectivity index (χ1n) is 7.88. The Bertz CT molecular complexity index is 506. The molecule has 1 amide bonds. The molecule has 0 spiro atoms. The summed E-state index contributed by atoms with van der Waals surface area (Å²) in [4.78, 5) is 16.6. The molecule has 1 saturated heterocycles. The van der Waals surface area contributed by atoms with E-state index in [4.69, 9.17) is 4.74 Å². The average molecular weight is 305 g/mol. The zero-order valence-corrected chi connectivity index (χ0v) is 14.0. The maximum Gasteiger partial charge on any atom is 0.237 e. The first-order chi connectivity index (χ1) is 10.5. The molecule has 1 N–H and O–H groups in total. The third-order valence-corrected chi connectivity index (χ3v) is 4.54. The number of ether oxygens (including phenoxy) is 1. The quantitative estimate of drug-likeness (QED) is 0.895. The Morgan fingerprint density at radius 2 is 2.23 bits per heavy atom. The summed E-state index contributed by atoms with van der Waals surface area (Å²) in [7, 11) is 3.53.